The van der Waals surface area contributed by atoms with Crippen molar-refractivity contribution in [3.8, 4) is 11.5 Å². The van der Waals surface area contributed by atoms with E-state index in [2.05, 4.69) is 11.9 Å². The highest BCUT2D eigenvalue weighted by atomic mass is 32.1. The van der Waals surface area contributed by atoms with E-state index in [0.717, 1.165) is 23.0 Å². The number of rotatable bonds is 5. The van der Waals surface area contributed by atoms with Crippen LogP contribution >= 0.6 is 11.3 Å². The minimum Gasteiger partial charge on any atom is -0.493 e. The Morgan fingerprint density at radius 2 is 2.04 bits per heavy atom. The third-order valence-corrected chi connectivity index (χ3v) is 5.52. The summed E-state index contributed by atoms with van der Waals surface area (Å²) in [6, 6.07) is 13.4. The summed E-state index contributed by atoms with van der Waals surface area (Å²) in [5.74, 6) is 1.31. The molecule has 0 radical (unpaired) electrons. The lowest BCUT2D eigenvalue weighted by molar-refractivity contribution is 0.207. The third-order valence-electron chi connectivity index (χ3n) is 4.55. The third kappa shape index (κ3) is 3.06. The van der Waals surface area contributed by atoms with Crippen LogP contribution in [-0.2, 0) is 0 Å². The lowest BCUT2D eigenvalue weighted by atomic mass is 10.1. The van der Waals surface area contributed by atoms with Gasteiger partial charge in [-0.05, 0) is 37.6 Å². The van der Waals surface area contributed by atoms with Crippen molar-refractivity contribution in [2.45, 2.75) is 26.4 Å². The highest BCUT2D eigenvalue weighted by Gasteiger charge is 2.14. The molecule has 4 rings (SSSR count). The van der Waals surface area contributed by atoms with Gasteiger partial charge in [0.1, 0.15) is 0 Å². The van der Waals surface area contributed by atoms with Crippen LogP contribution in [0.5, 0.6) is 11.5 Å². The van der Waals surface area contributed by atoms with Crippen LogP contribution in [-0.4, -0.2) is 22.6 Å². The summed E-state index contributed by atoms with van der Waals surface area (Å²) in [7, 11) is 1.62. The Bertz CT molecular complexity index is 1230. The van der Waals surface area contributed by atoms with Crippen molar-refractivity contribution < 1.29 is 9.47 Å². The molecule has 5 nitrogen and oxygen atoms in total. The van der Waals surface area contributed by atoms with Crippen LogP contribution in [0.25, 0.3) is 22.1 Å². The predicted molar refractivity (Wildman–Crippen MR) is 109 cm³/mol. The number of methoxy groups -OCH3 is 1. The van der Waals surface area contributed by atoms with E-state index in [0.29, 0.717) is 21.0 Å². The molecule has 0 aliphatic carbocycles. The maximum Gasteiger partial charge on any atom is 0.274 e. The van der Waals surface area contributed by atoms with E-state index in [9.17, 15) is 4.79 Å². The minimum absolute atomic E-state index is 0.0461. The van der Waals surface area contributed by atoms with Gasteiger partial charge in [0, 0.05) is 5.56 Å². The van der Waals surface area contributed by atoms with Crippen LogP contribution in [0.4, 0.5) is 0 Å². The van der Waals surface area contributed by atoms with Gasteiger partial charge in [0.15, 0.2) is 16.5 Å². The smallest absolute Gasteiger partial charge is 0.274 e. The maximum absolute atomic E-state index is 13.0. The molecule has 2 aromatic carbocycles. The van der Waals surface area contributed by atoms with E-state index < -0.39 is 0 Å². The summed E-state index contributed by atoms with van der Waals surface area (Å²) < 4.78 is 13.8. The Kier molecular flexibility index (Phi) is 4.58. The summed E-state index contributed by atoms with van der Waals surface area (Å²) in [5, 5.41) is 0. The molecule has 0 bridgehead atoms. The topological polar surface area (TPSA) is 52.8 Å². The second-order valence-corrected chi connectivity index (χ2v) is 7.36. The fraction of sp³-hybridized carbons (Fsp3) is 0.238. The van der Waals surface area contributed by atoms with Gasteiger partial charge in [0.2, 0.25) is 0 Å². The molecule has 0 fully saturated rings. The molecular weight excluding hydrogens is 360 g/mol. The van der Waals surface area contributed by atoms with Crippen LogP contribution in [0.1, 0.15) is 25.8 Å². The van der Waals surface area contributed by atoms with Gasteiger partial charge in [-0.15, -0.1) is 0 Å². The number of hydrogen-bond acceptors (Lipinski definition) is 5. The van der Waals surface area contributed by atoms with Crippen molar-refractivity contribution >= 4 is 33.4 Å². The first-order chi connectivity index (χ1) is 13.1. The number of thiazole rings is 1. The summed E-state index contributed by atoms with van der Waals surface area (Å²) >= 11 is 1.38. The van der Waals surface area contributed by atoms with E-state index in [4.69, 9.17) is 9.47 Å². The van der Waals surface area contributed by atoms with Crippen LogP contribution in [0.3, 0.4) is 0 Å². The number of hydrogen-bond donors (Lipinski definition) is 0. The number of imidazole rings is 1. The van der Waals surface area contributed by atoms with E-state index in [1.54, 1.807) is 11.5 Å². The lowest BCUT2D eigenvalue weighted by Gasteiger charge is -2.17. The van der Waals surface area contributed by atoms with Gasteiger partial charge in [-0.1, -0.05) is 42.5 Å². The quantitative estimate of drug-likeness (QED) is 0.530. The van der Waals surface area contributed by atoms with Gasteiger partial charge in [0.25, 0.3) is 5.56 Å². The molecule has 0 amide bonds. The zero-order valence-corrected chi connectivity index (χ0v) is 16.2. The van der Waals surface area contributed by atoms with Crippen molar-refractivity contribution in [3.63, 3.8) is 0 Å². The van der Waals surface area contributed by atoms with Crippen LogP contribution in [0.2, 0.25) is 0 Å². The number of fused-ring (bicyclic) bond motifs is 3. The van der Waals surface area contributed by atoms with Crippen molar-refractivity contribution in [2.75, 3.05) is 7.11 Å². The van der Waals surface area contributed by atoms with Crippen LogP contribution in [0, 0.1) is 0 Å². The Hall–Kier alpha value is -2.86. The maximum atomic E-state index is 13.0. The van der Waals surface area contributed by atoms with Crippen molar-refractivity contribution in [1.82, 2.24) is 9.38 Å². The zero-order valence-electron chi connectivity index (χ0n) is 15.4. The molecule has 0 unspecified atom stereocenters. The SMILES string of the molecule is CC[C@@H](C)Oc1c(/C=c2\sc3nc4ccccc4n3c2=O)cccc1OC. The van der Waals surface area contributed by atoms with E-state index in [1.807, 2.05) is 55.5 Å². The van der Waals surface area contributed by atoms with Crippen molar-refractivity contribution in [1.29, 1.82) is 0 Å². The predicted octanol–water partition coefficient (Wildman–Crippen LogP) is 3.64. The number of aromatic nitrogens is 2. The first kappa shape index (κ1) is 17.5. The number of nitrogens with zero attached hydrogens (tertiary/aromatic N) is 2. The van der Waals surface area contributed by atoms with Gasteiger partial charge in [-0.3, -0.25) is 4.79 Å². The molecule has 2 aromatic heterocycles. The Morgan fingerprint density at radius 3 is 2.81 bits per heavy atom. The van der Waals surface area contributed by atoms with Gasteiger partial charge in [-0.25, -0.2) is 9.38 Å². The van der Waals surface area contributed by atoms with Crippen molar-refractivity contribution in [2.24, 2.45) is 0 Å². The highest BCUT2D eigenvalue weighted by Crippen LogP contribution is 2.33. The number of ether oxygens (including phenoxy) is 2. The summed E-state index contributed by atoms with van der Waals surface area (Å²) in [5.41, 5.74) is 2.41. The molecule has 0 spiro atoms. The number of benzene rings is 2. The first-order valence-corrected chi connectivity index (χ1v) is 9.69. The number of para-hydroxylation sites is 3. The van der Waals surface area contributed by atoms with Crippen LogP contribution in [0.15, 0.2) is 47.3 Å². The van der Waals surface area contributed by atoms with Crippen LogP contribution < -0.4 is 19.6 Å². The lowest BCUT2D eigenvalue weighted by Crippen LogP contribution is -2.23. The first-order valence-electron chi connectivity index (χ1n) is 8.87. The molecule has 138 valence electrons. The monoisotopic (exact) mass is 380 g/mol. The summed E-state index contributed by atoms with van der Waals surface area (Å²) in [4.78, 5) is 18.2. The molecule has 0 N–H and O–H groups in total. The average Bonchev–Trinajstić information content (AvgIpc) is 3.19. The Balaban J connectivity index is 1.91. The molecular formula is C21H20N2O3S. The normalized spacial score (nSPS) is 13.4. The molecule has 1 atom stereocenters. The van der Waals surface area contributed by atoms with E-state index in [1.165, 1.54) is 11.3 Å². The highest BCUT2D eigenvalue weighted by molar-refractivity contribution is 7.15. The average molecular weight is 380 g/mol. The molecule has 0 saturated carbocycles. The molecule has 2 heterocycles. The van der Waals surface area contributed by atoms with Gasteiger partial charge < -0.3 is 9.47 Å². The summed E-state index contributed by atoms with van der Waals surface area (Å²) in [6.45, 7) is 4.08. The van der Waals surface area contributed by atoms with E-state index in [-0.39, 0.29) is 11.7 Å². The van der Waals surface area contributed by atoms with Gasteiger partial charge in [-0.2, -0.15) is 0 Å². The van der Waals surface area contributed by atoms with Crippen molar-refractivity contribution in [3.05, 3.63) is 62.9 Å². The fourth-order valence-corrected chi connectivity index (χ4v) is 3.95. The Morgan fingerprint density at radius 1 is 1.22 bits per heavy atom. The fourth-order valence-electron chi connectivity index (χ4n) is 2.97. The van der Waals surface area contributed by atoms with Gasteiger partial charge in [0.05, 0.1) is 28.8 Å². The molecule has 27 heavy (non-hydrogen) atoms. The molecule has 0 saturated heterocycles. The zero-order chi connectivity index (χ0) is 19.0. The molecule has 0 aliphatic heterocycles. The molecule has 4 aromatic rings. The second kappa shape index (κ2) is 7.04. The molecule has 0 aliphatic rings. The van der Waals surface area contributed by atoms with Gasteiger partial charge >= 0.3 is 0 Å². The summed E-state index contributed by atoms with van der Waals surface area (Å²) in [6.07, 6.45) is 2.78. The second-order valence-electron chi connectivity index (χ2n) is 6.35. The largest absolute Gasteiger partial charge is 0.493 e. The van der Waals surface area contributed by atoms with E-state index >= 15 is 0 Å². The Labute approximate surface area is 160 Å². The minimum atomic E-state index is -0.0685. The molecule has 6 heteroatoms. The standard InChI is InChI=1S/C21H20N2O3S/c1-4-13(2)26-19-14(8-7-11-17(19)25-3)12-18-20(24)23-16-10-6-5-9-15(16)22-21(23)27-18/h5-13H,4H2,1-3H3/b18-12-/t13-/m1/s1.